The fraction of sp³-hybridized carbons (Fsp3) is 0. The lowest BCUT2D eigenvalue weighted by molar-refractivity contribution is 0.174. The van der Waals surface area contributed by atoms with Crippen LogP contribution in [0.15, 0.2) is 58.4 Å². The van der Waals surface area contributed by atoms with E-state index >= 15 is 0 Å². The Bertz CT molecular complexity index is 507. The van der Waals surface area contributed by atoms with Crippen molar-refractivity contribution in [3.63, 3.8) is 0 Å². The quantitative estimate of drug-likeness (QED) is 0.622. The maximum atomic E-state index is 10.3. The van der Waals surface area contributed by atoms with Crippen molar-refractivity contribution in [3.8, 4) is 0 Å². The third kappa shape index (κ3) is 3.33. The predicted molar refractivity (Wildman–Crippen MR) is 55.8 cm³/mol. The SMILES string of the molecule is O=c1ccccn1O.O=c1ccccn1O. The summed E-state index contributed by atoms with van der Waals surface area (Å²) in [6, 6.07) is 8.83. The molecule has 16 heavy (non-hydrogen) atoms. The highest BCUT2D eigenvalue weighted by Crippen LogP contribution is 1.73. The first-order chi connectivity index (χ1) is 7.61. The predicted octanol–water partition coefficient (Wildman–Crippen LogP) is 0.171. The summed E-state index contributed by atoms with van der Waals surface area (Å²) in [6.07, 6.45) is 2.56. The molecule has 0 radical (unpaired) electrons. The van der Waals surface area contributed by atoms with Gasteiger partial charge in [-0.3, -0.25) is 9.59 Å². The Hall–Kier alpha value is -2.50. The van der Waals surface area contributed by atoms with Crippen LogP contribution in [0.3, 0.4) is 0 Å². The Morgan fingerprint density at radius 3 is 1.31 bits per heavy atom. The van der Waals surface area contributed by atoms with Crippen LogP contribution in [0.5, 0.6) is 0 Å². The van der Waals surface area contributed by atoms with Crippen LogP contribution in [0.25, 0.3) is 0 Å². The molecule has 6 heteroatoms. The molecule has 0 bridgehead atoms. The van der Waals surface area contributed by atoms with E-state index in [0.29, 0.717) is 9.46 Å². The first-order valence-electron chi connectivity index (χ1n) is 4.35. The summed E-state index contributed by atoms with van der Waals surface area (Å²) in [5, 5.41) is 17.0. The normalized spacial score (nSPS) is 9.00. The van der Waals surface area contributed by atoms with Gasteiger partial charge in [0.25, 0.3) is 11.1 Å². The van der Waals surface area contributed by atoms with E-state index in [1.165, 1.54) is 24.5 Å². The molecule has 6 nitrogen and oxygen atoms in total. The van der Waals surface area contributed by atoms with E-state index in [2.05, 4.69) is 0 Å². The second-order valence-corrected chi connectivity index (χ2v) is 2.77. The molecule has 0 amide bonds. The molecule has 2 N–H and O–H groups in total. The molecule has 0 aliphatic carbocycles. The Morgan fingerprint density at radius 1 is 0.750 bits per heavy atom. The average molecular weight is 222 g/mol. The monoisotopic (exact) mass is 222 g/mol. The number of aromatic nitrogens is 2. The molecule has 0 saturated heterocycles. The molecule has 2 aromatic heterocycles. The van der Waals surface area contributed by atoms with Gasteiger partial charge in [-0.2, -0.15) is 9.46 Å². The highest BCUT2D eigenvalue weighted by atomic mass is 16.5. The van der Waals surface area contributed by atoms with Gasteiger partial charge in [-0.15, -0.1) is 0 Å². The molecule has 2 rings (SSSR count). The molecule has 0 unspecified atom stereocenters. The Morgan fingerprint density at radius 2 is 1.12 bits per heavy atom. The number of nitrogens with zero attached hydrogens (tertiary/aromatic N) is 2. The van der Waals surface area contributed by atoms with E-state index in [9.17, 15) is 9.59 Å². The molecule has 84 valence electrons. The van der Waals surface area contributed by atoms with Gasteiger partial charge < -0.3 is 10.4 Å². The van der Waals surface area contributed by atoms with Gasteiger partial charge in [0.05, 0.1) is 0 Å². The summed E-state index contributed by atoms with van der Waals surface area (Å²) in [6.45, 7) is 0. The minimum Gasteiger partial charge on any atom is -0.425 e. The number of hydrogen-bond donors (Lipinski definition) is 2. The highest BCUT2D eigenvalue weighted by Gasteiger charge is 1.82. The highest BCUT2D eigenvalue weighted by molar-refractivity contribution is 4.91. The lowest BCUT2D eigenvalue weighted by atomic mass is 10.5. The molecular weight excluding hydrogens is 212 g/mol. The second-order valence-electron chi connectivity index (χ2n) is 2.77. The lowest BCUT2D eigenvalue weighted by Gasteiger charge is -1.88. The van der Waals surface area contributed by atoms with E-state index in [0.717, 1.165) is 0 Å². The van der Waals surface area contributed by atoms with Gasteiger partial charge in [0.1, 0.15) is 0 Å². The minimum atomic E-state index is -0.410. The lowest BCUT2D eigenvalue weighted by Crippen LogP contribution is -2.13. The van der Waals surface area contributed by atoms with Crippen LogP contribution in [0.4, 0.5) is 0 Å². The van der Waals surface area contributed by atoms with Crippen LogP contribution in [-0.2, 0) is 0 Å². The topological polar surface area (TPSA) is 84.5 Å². The van der Waals surface area contributed by atoms with Crippen molar-refractivity contribution >= 4 is 0 Å². The number of pyridine rings is 2. The molecule has 0 aromatic carbocycles. The van der Waals surface area contributed by atoms with Crippen molar-refractivity contribution in [2.24, 2.45) is 0 Å². The molecule has 2 heterocycles. The smallest absolute Gasteiger partial charge is 0.282 e. The minimum absolute atomic E-state index is 0.410. The van der Waals surface area contributed by atoms with Crippen molar-refractivity contribution in [1.29, 1.82) is 0 Å². The Labute approximate surface area is 90.2 Å². The Balaban J connectivity index is 0.000000160. The molecule has 0 aliphatic heterocycles. The molecule has 2 aromatic rings. The van der Waals surface area contributed by atoms with E-state index in [1.54, 1.807) is 24.3 Å². The summed E-state index contributed by atoms with van der Waals surface area (Å²) >= 11 is 0. The standard InChI is InChI=1S/2C5H5NO2/c2*7-5-3-1-2-4-6(5)8/h2*1-4,8H. The number of hydrogen-bond acceptors (Lipinski definition) is 4. The zero-order chi connectivity index (χ0) is 12.0. The van der Waals surface area contributed by atoms with E-state index < -0.39 is 11.1 Å². The molecular formula is C10H10N2O4. The summed E-state index contributed by atoms with van der Waals surface area (Å²) in [4.78, 5) is 20.7. The van der Waals surface area contributed by atoms with Crippen LogP contribution in [0.1, 0.15) is 0 Å². The summed E-state index contributed by atoms with van der Waals surface area (Å²) < 4.78 is 1.06. The van der Waals surface area contributed by atoms with Crippen LogP contribution >= 0.6 is 0 Å². The van der Waals surface area contributed by atoms with Crippen LogP contribution in [-0.4, -0.2) is 19.9 Å². The van der Waals surface area contributed by atoms with Crippen molar-refractivity contribution in [2.75, 3.05) is 0 Å². The van der Waals surface area contributed by atoms with Gasteiger partial charge in [0.2, 0.25) is 0 Å². The van der Waals surface area contributed by atoms with Crippen molar-refractivity contribution in [1.82, 2.24) is 9.46 Å². The third-order valence-electron chi connectivity index (χ3n) is 1.61. The zero-order valence-electron chi connectivity index (χ0n) is 8.22. The third-order valence-corrected chi connectivity index (χ3v) is 1.61. The zero-order valence-corrected chi connectivity index (χ0v) is 8.22. The van der Waals surface area contributed by atoms with Crippen molar-refractivity contribution in [3.05, 3.63) is 69.5 Å². The van der Waals surface area contributed by atoms with Crippen LogP contribution in [0.2, 0.25) is 0 Å². The van der Waals surface area contributed by atoms with Gasteiger partial charge in [0.15, 0.2) is 0 Å². The average Bonchev–Trinajstić information content (AvgIpc) is 2.28. The summed E-state index contributed by atoms with van der Waals surface area (Å²) in [7, 11) is 0. The van der Waals surface area contributed by atoms with Crippen molar-refractivity contribution in [2.45, 2.75) is 0 Å². The van der Waals surface area contributed by atoms with E-state index in [1.807, 2.05) is 0 Å². The molecule has 0 spiro atoms. The first kappa shape index (κ1) is 11.6. The maximum Gasteiger partial charge on any atom is 0.282 e. The molecule has 0 aliphatic rings. The van der Waals surface area contributed by atoms with Crippen LogP contribution in [0, 0.1) is 0 Å². The van der Waals surface area contributed by atoms with Gasteiger partial charge in [-0.25, -0.2) is 0 Å². The van der Waals surface area contributed by atoms with E-state index in [-0.39, 0.29) is 0 Å². The van der Waals surface area contributed by atoms with Crippen LogP contribution < -0.4 is 11.1 Å². The molecule has 0 fully saturated rings. The van der Waals surface area contributed by atoms with Crippen molar-refractivity contribution < 1.29 is 10.4 Å². The fourth-order valence-corrected chi connectivity index (χ4v) is 0.838. The fourth-order valence-electron chi connectivity index (χ4n) is 0.838. The second kappa shape index (κ2) is 5.40. The van der Waals surface area contributed by atoms with Gasteiger partial charge in [-0.1, -0.05) is 12.1 Å². The maximum absolute atomic E-state index is 10.3. The summed E-state index contributed by atoms with van der Waals surface area (Å²) in [5.41, 5.74) is -0.819. The first-order valence-corrected chi connectivity index (χ1v) is 4.35. The summed E-state index contributed by atoms with van der Waals surface area (Å²) in [5.74, 6) is 0. The van der Waals surface area contributed by atoms with E-state index in [4.69, 9.17) is 10.4 Å². The number of rotatable bonds is 0. The van der Waals surface area contributed by atoms with Gasteiger partial charge in [-0.05, 0) is 12.1 Å². The molecule has 0 saturated carbocycles. The Kier molecular flexibility index (Phi) is 3.90. The molecule has 0 atom stereocenters. The van der Waals surface area contributed by atoms with Gasteiger partial charge >= 0.3 is 0 Å². The largest absolute Gasteiger partial charge is 0.425 e. The van der Waals surface area contributed by atoms with Gasteiger partial charge in [0, 0.05) is 24.5 Å².